The van der Waals surface area contributed by atoms with Crippen molar-refractivity contribution in [1.29, 1.82) is 0 Å². The van der Waals surface area contributed by atoms with E-state index in [-0.39, 0.29) is 5.92 Å². The summed E-state index contributed by atoms with van der Waals surface area (Å²) in [4.78, 5) is 0. The van der Waals surface area contributed by atoms with Crippen LogP contribution in [-0.2, 0) is 0 Å². The van der Waals surface area contributed by atoms with Crippen LogP contribution in [0, 0.1) is 6.92 Å². The van der Waals surface area contributed by atoms with Gasteiger partial charge in [-0.3, -0.25) is 0 Å². The third-order valence-corrected chi connectivity index (χ3v) is 3.58. The van der Waals surface area contributed by atoms with Crippen molar-refractivity contribution in [3.63, 3.8) is 0 Å². The molecule has 0 saturated heterocycles. The predicted octanol–water partition coefficient (Wildman–Crippen LogP) is 4.23. The van der Waals surface area contributed by atoms with Crippen LogP contribution < -0.4 is 4.74 Å². The lowest BCUT2D eigenvalue weighted by Crippen LogP contribution is -2.10. The largest absolute Gasteiger partial charge is 0.493 e. The van der Waals surface area contributed by atoms with E-state index in [1.54, 1.807) is 0 Å². The van der Waals surface area contributed by atoms with Gasteiger partial charge in [-0.25, -0.2) is 0 Å². The highest BCUT2D eigenvalue weighted by Crippen LogP contribution is 2.35. The summed E-state index contributed by atoms with van der Waals surface area (Å²) in [6.45, 7) is 6.62. The van der Waals surface area contributed by atoms with Gasteiger partial charge in [-0.05, 0) is 31.5 Å². The van der Waals surface area contributed by atoms with E-state index in [4.69, 9.17) is 4.74 Å². The van der Waals surface area contributed by atoms with Gasteiger partial charge in [-0.15, -0.1) is 0 Å². The quantitative estimate of drug-likeness (QED) is 0.881. The highest BCUT2D eigenvalue weighted by molar-refractivity contribution is 5.40. The van der Waals surface area contributed by atoms with Gasteiger partial charge < -0.3 is 9.84 Å². The smallest absolute Gasteiger partial charge is 0.125 e. The van der Waals surface area contributed by atoms with Crippen molar-refractivity contribution in [2.75, 3.05) is 6.61 Å². The van der Waals surface area contributed by atoms with Crippen molar-refractivity contribution in [1.82, 2.24) is 0 Å². The fourth-order valence-corrected chi connectivity index (χ4v) is 2.39. The molecule has 0 fully saturated rings. The van der Waals surface area contributed by atoms with Crippen molar-refractivity contribution >= 4 is 0 Å². The van der Waals surface area contributed by atoms with Gasteiger partial charge in [0.15, 0.2) is 0 Å². The molecule has 20 heavy (non-hydrogen) atoms. The van der Waals surface area contributed by atoms with Crippen LogP contribution in [0.2, 0.25) is 0 Å². The Balaban J connectivity index is 2.32. The molecule has 0 amide bonds. The first-order chi connectivity index (χ1) is 9.63. The normalized spacial score (nSPS) is 13.8. The Hall–Kier alpha value is -1.80. The molecule has 0 bridgehead atoms. The van der Waals surface area contributed by atoms with Crippen LogP contribution in [0.25, 0.3) is 0 Å². The fourth-order valence-electron chi connectivity index (χ4n) is 2.39. The highest BCUT2D eigenvalue weighted by atomic mass is 16.5. The molecule has 2 aromatic carbocycles. The summed E-state index contributed by atoms with van der Waals surface area (Å²) in [5.74, 6) is 0.797. The van der Waals surface area contributed by atoms with Crippen LogP contribution in [0.4, 0.5) is 0 Å². The van der Waals surface area contributed by atoms with E-state index < -0.39 is 6.10 Å². The molecule has 2 heteroatoms. The van der Waals surface area contributed by atoms with Gasteiger partial charge in [0.25, 0.3) is 0 Å². The lowest BCUT2D eigenvalue weighted by molar-refractivity contribution is 0.146. The van der Waals surface area contributed by atoms with Gasteiger partial charge in [0.2, 0.25) is 0 Å². The van der Waals surface area contributed by atoms with Gasteiger partial charge in [-0.1, -0.05) is 48.9 Å². The predicted molar refractivity (Wildman–Crippen MR) is 82.2 cm³/mol. The third kappa shape index (κ3) is 3.20. The Labute approximate surface area is 121 Å². The van der Waals surface area contributed by atoms with Crippen molar-refractivity contribution < 1.29 is 9.84 Å². The molecular formula is C18H22O2. The highest BCUT2D eigenvalue weighted by Gasteiger charge is 2.21. The first kappa shape index (κ1) is 14.6. The second-order valence-electron chi connectivity index (χ2n) is 5.12. The molecule has 106 valence electrons. The van der Waals surface area contributed by atoms with E-state index in [9.17, 15) is 5.11 Å². The van der Waals surface area contributed by atoms with Crippen LogP contribution in [-0.4, -0.2) is 11.7 Å². The maximum absolute atomic E-state index is 10.7. The summed E-state index contributed by atoms with van der Waals surface area (Å²) in [5, 5.41) is 10.7. The van der Waals surface area contributed by atoms with Crippen LogP contribution >= 0.6 is 0 Å². The summed E-state index contributed by atoms with van der Waals surface area (Å²) in [7, 11) is 0. The second kappa shape index (κ2) is 6.58. The van der Waals surface area contributed by atoms with Crippen LogP contribution in [0.5, 0.6) is 5.75 Å². The zero-order valence-corrected chi connectivity index (χ0v) is 12.3. The lowest BCUT2D eigenvalue weighted by Gasteiger charge is -2.22. The number of benzene rings is 2. The molecular weight excluding hydrogens is 248 g/mol. The molecule has 2 unspecified atom stereocenters. The standard InChI is InChI=1S/C18H22O2/c1-4-20-17-11-10-13(2)12-16(17)18(19)14(3)15-8-6-5-7-9-15/h5-12,14,18-19H,4H2,1-3H3. The van der Waals surface area contributed by atoms with E-state index >= 15 is 0 Å². The first-order valence-corrected chi connectivity index (χ1v) is 7.09. The Morgan fingerprint density at radius 1 is 1.10 bits per heavy atom. The molecule has 0 heterocycles. The van der Waals surface area contributed by atoms with E-state index in [0.29, 0.717) is 6.61 Å². The van der Waals surface area contributed by atoms with Crippen molar-refractivity contribution in [3.05, 3.63) is 65.2 Å². The number of rotatable bonds is 5. The topological polar surface area (TPSA) is 29.5 Å². The molecule has 0 aromatic heterocycles. The summed E-state index contributed by atoms with van der Waals surface area (Å²) in [6, 6.07) is 16.0. The van der Waals surface area contributed by atoms with Gasteiger partial charge in [0, 0.05) is 11.5 Å². The summed E-state index contributed by atoms with van der Waals surface area (Å²) in [6.07, 6.45) is -0.571. The monoisotopic (exact) mass is 270 g/mol. The van der Waals surface area contributed by atoms with Gasteiger partial charge in [0.1, 0.15) is 5.75 Å². The molecule has 0 aliphatic carbocycles. The maximum Gasteiger partial charge on any atom is 0.125 e. The average molecular weight is 270 g/mol. The van der Waals surface area contributed by atoms with Crippen LogP contribution in [0.1, 0.15) is 42.6 Å². The minimum Gasteiger partial charge on any atom is -0.493 e. The van der Waals surface area contributed by atoms with Crippen molar-refractivity contribution in [2.45, 2.75) is 32.8 Å². The zero-order valence-electron chi connectivity index (χ0n) is 12.3. The SMILES string of the molecule is CCOc1ccc(C)cc1C(O)C(C)c1ccccc1. The Morgan fingerprint density at radius 3 is 2.45 bits per heavy atom. The number of hydrogen-bond acceptors (Lipinski definition) is 2. The number of aliphatic hydroxyl groups is 1. The summed E-state index contributed by atoms with van der Waals surface area (Å²) in [5.41, 5.74) is 3.12. The van der Waals surface area contributed by atoms with Gasteiger partial charge >= 0.3 is 0 Å². The van der Waals surface area contributed by atoms with Gasteiger partial charge in [-0.2, -0.15) is 0 Å². The zero-order chi connectivity index (χ0) is 14.5. The van der Waals surface area contributed by atoms with E-state index in [1.165, 1.54) is 0 Å². The minimum atomic E-state index is -0.571. The summed E-state index contributed by atoms with van der Waals surface area (Å²) < 4.78 is 5.64. The Bertz CT molecular complexity index is 549. The second-order valence-corrected chi connectivity index (χ2v) is 5.12. The average Bonchev–Trinajstić information content (AvgIpc) is 2.48. The lowest BCUT2D eigenvalue weighted by atomic mass is 9.90. The molecule has 0 spiro atoms. The molecule has 2 aromatic rings. The molecule has 0 aliphatic rings. The van der Waals surface area contributed by atoms with E-state index in [1.807, 2.05) is 69.3 Å². The fraction of sp³-hybridized carbons (Fsp3) is 0.333. The van der Waals surface area contributed by atoms with Crippen molar-refractivity contribution in [3.8, 4) is 5.75 Å². The molecule has 2 rings (SSSR count). The Kier molecular flexibility index (Phi) is 4.80. The van der Waals surface area contributed by atoms with Crippen LogP contribution in [0.3, 0.4) is 0 Å². The number of ether oxygens (including phenoxy) is 1. The van der Waals surface area contributed by atoms with Gasteiger partial charge in [0.05, 0.1) is 12.7 Å². The molecule has 1 N–H and O–H groups in total. The molecule has 0 aliphatic heterocycles. The number of aliphatic hydroxyl groups excluding tert-OH is 1. The molecule has 0 saturated carbocycles. The summed E-state index contributed by atoms with van der Waals surface area (Å²) >= 11 is 0. The number of aryl methyl sites for hydroxylation is 1. The molecule has 0 radical (unpaired) electrons. The minimum absolute atomic E-state index is 0.0252. The Morgan fingerprint density at radius 2 is 1.80 bits per heavy atom. The molecule has 2 nitrogen and oxygen atoms in total. The van der Waals surface area contributed by atoms with E-state index in [0.717, 1.165) is 22.4 Å². The molecule has 2 atom stereocenters. The third-order valence-electron chi connectivity index (χ3n) is 3.58. The van der Waals surface area contributed by atoms with Crippen LogP contribution in [0.15, 0.2) is 48.5 Å². The number of hydrogen-bond donors (Lipinski definition) is 1. The van der Waals surface area contributed by atoms with Crippen molar-refractivity contribution in [2.24, 2.45) is 0 Å². The van der Waals surface area contributed by atoms with E-state index in [2.05, 4.69) is 0 Å². The maximum atomic E-state index is 10.7. The first-order valence-electron chi connectivity index (χ1n) is 7.09.